The van der Waals surface area contributed by atoms with Crippen molar-refractivity contribution in [2.45, 2.75) is 39.2 Å². The molecule has 0 heterocycles. The smallest absolute Gasteiger partial charge is 0.211 e. The van der Waals surface area contributed by atoms with E-state index in [1.54, 1.807) is 0 Å². The summed E-state index contributed by atoms with van der Waals surface area (Å²) in [4.78, 5) is 0. The van der Waals surface area contributed by atoms with Gasteiger partial charge in [0.05, 0.1) is 5.75 Å². The summed E-state index contributed by atoms with van der Waals surface area (Å²) in [5, 5.41) is 8.47. The summed E-state index contributed by atoms with van der Waals surface area (Å²) in [6.07, 6.45) is 2.11. The third kappa shape index (κ3) is 6.98. The molecule has 0 saturated carbocycles. The first-order valence-electron chi connectivity index (χ1n) is 4.62. The van der Waals surface area contributed by atoms with Crippen LogP contribution in [0, 0.1) is 0 Å². The first kappa shape index (κ1) is 12.9. The van der Waals surface area contributed by atoms with Gasteiger partial charge in [0.25, 0.3) is 0 Å². The highest BCUT2D eigenvalue weighted by atomic mass is 32.2. The fourth-order valence-electron chi connectivity index (χ4n) is 1.11. The average molecular weight is 209 g/mol. The maximum Gasteiger partial charge on any atom is 0.211 e. The van der Waals surface area contributed by atoms with Crippen LogP contribution < -0.4 is 4.72 Å². The predicted molar refractivity (Wildman–Crippen MR) is 53.0 cm³/mol. The fraction of sp³-hybridized carbons (Fsp3) is 1.00. The minimum atomic E-state index is -3.18. The van der Waals surface area contributed by atoms with Crippen molar-refractivity contribution in [3.8, 4) is 0 Å². The molecule has 0 aliphatic carbocycles. The molecule has 0 aromatic rings. The van der Waals surface area contributed by atoms with Gasteiger partial charge in [0.1, 0.15) is 0 Å². The first-order valence-corrected chi connectivity index (χ1v) is 6.28. The maximum absolute atomic E-state index is 11.3. The number of aliphatic hydroxyl groups excluding tert-OH is 1. The summed E-state index contributed by atoms with van der Waals surface area (Å²) in [7, 11) is -3.18. The minimum absolute atomic E-state index is 0.00584. The van der Waals surface area contributed by atoms with Gasteiger partial charge in [-0.15, -0.1) is 0 Å². The van der Waals surface area contributed by atoms with Crippen molar-refractivity contribution in [3.63, 3.8) is 0 Å². The minimum Gasteiger partial charge on any atom is -0.396 e. The van der Waals surface area contributed by atoms with Gasteiger partial charge in [0, 0.05) is 12.6 Å². The molecule has 1 atom stereocenters. The molecule has 0 rings (SSSR count). The van der Waals surface area contributed by atoms with Crippen LogP contribution in [0.15, 0.2) is 0 Å². The van der Waals surface area contributed by atoms with Crippen LogP contribution >= 0.6 is 0 Å². The number of rotatable bonds is 7. The molecule has 0 spiro atoms. The Bertz CT molecular complexity index is 213. The zero-order valence-electron chi connectivity index (χ0n) is 8.28. The molecule has 0 aromatic carbocycles. The molecule has 0 amide bonds. The molecule has 2 N–H and O–H groups in total. The summed E-state index contributed by atoms with van der Waals surface area (Å²) < 4.78 is 25.1. The molecule has 80 valence electrons. The number of aliphatic hydroxyl groups is 1. The second kappa shape index (κ2) is 6.34. The highest BCUT2D eigenvalue weighted by Crippen LogP contribution is 1.98. The van der Waals surface area contributed by atoms with E-state index in [9.17, 15) is 8.42 Å². The number of hydrogen-bond acceptors (Lipinski definition) is 3. The van der Waals surface area contributed by atoms with Crippen LogP contribution in [0.25, 0.3) is 0 Å². The lowest BCUT2D eigenvalue weighted by molar-refractivity contribution is 0.295. The van der Waals surface area contributed by atoms with E-state index in [-0.39, 0.29) is 18.4 Å². The molecule has 0 bridgehead atoms. The van der Waals surface area contributed by atoms with Crippen LogP contribution in [0.5, 0.6) is 0 Å². The zero-order valence-corrected chi connectivity index (χ0v) is 9.10. The molecule has 5 heteroatoms. The van der Waals surface area contributed by atoms with E-state index in [0.717, 1.165) is 12.8 Å². The standard InChI is InChI=1S/C8H19NO3S/c1-3-5-8(2)9-13(11,12)7-4-6-10/h8-10H,3-7H2,1-2H3. The second-order valence-electron chi connectivity index (χ2n) is 3.20. The number of hydrogen-bond donors (Lipinski definition) is 2. The van der Waals surface area contributed by atoms with E-state index >= 15 is 0 Å². The normalized spacial score (nSPS) is 14.4. The third-order valence-electron chi connectivity index (χ3n) is 1.67. The van der Waals surface area contributed by atoms with Gasteiger partial charge >= 0.3 is 0 Å². The van der Waals surface area contributed by atoms with Crippen LogP contribution in [0.3, 0.4) is 0 Å². The molecule has 0 aromatic heterocycles. The van der Waals surface area contributed by atoms with Gasteiger partial charge in [-0.1, -0.05) is 13.3 Å². The molecule has 0 fully saturated rings. The second-order valence-corrected chi connectivity index (χ2v) is 5.08. The monoisotopic (exact) mass is 209 g/mol. The summed E-state index contributed by atoms with van der Waals surface area (Å²) in [6, 6.07) is -0.00584. The quantitative estimate of drug-likeness (QED) is 0.641. The van der Waals surface area contributed by atoms with Gasteiger partial charge in [-0.3, -0.25) is 0 Å². The van der Waals surface area contributed by atoms with Crippen LogP contribution in [0.2, 0.25) is 0 Å². The van der Waals surface area contributed by atoms with Gasteiger partial charge in [-0.2, -0.15) is 0 Å². The van der Waals surface area contributed by atoms with Gasteiger partial charge in [0.2, 0.25) is 10.0 Å². The molecular weight excluding hydrogens is 190 g/mol. The Morgan fingerprint density at radius 1 is 1.46 bits per heavy atom. The Morgan fingerprint density at radius 3 is 2.54 bits per heavy atom. The summed E-state index contributed by atoms with van der Waals surface area (Å²) >= 11 is 0. The van der Waals surface area contributed by atoms with Gasteiger partial charge in [0.15, 0.2) is 0 Å². The summed E-state index contributed by atoms with van der Waals surface area (Å²) in [5.41, 5.74) is 0. The lowest BCUT2D eigenvalue weighted by Crippen LogP contribution is -2.34. The average Bonchev–Trinajstić information content (AvgIpc) is 2.00. The molecule has 0 aliphatic heterocycles. The molecule has 4 nitrogen and oxygen atoms in total. The molecular formula is C8H19NO3S. The Morgan fingerprint density at radius 2 is 2.08 bits per heavy atom. The van der Waals surface area contributed by atoms with E-state index in [0.29, 0.717) is 6.42 Å². The SMILES string of the molecule is CCCC(C)NS(=O)(=O)CCCO. The van der Waals surface area contributed by atoms with Gasteiger partial charge in [-0.05, 0) is 19.8 Å². The van der Waals surface area contributed by atoms with E-state index in [1.807, 2.05) is 13.8 Å². The van der Waals surface area contributed by atoms with Crippen LogP contribution in [0.4, 0.5) is 0 Å². The van der Waals surface area contributed by atoms with Gasteiger partial charge in [-0.25, -0.2) is 13.1 Å². The topological polar surface area (TPSA) is 66.4 Å². The van der Waals surface area contributed by atoms with Crippen LogP contribution in [-0.2, 0) is 10.0 Å². The van der Waals surface area contributed by atoms with Crippen molar-refractivity contribution in [1.82, 2.24) is 4.72 Å². The molecule has 13 heavy (non-hydrogen) atoms. The number of sulfonamides is 1. The zero-order chi connectivity index (χ0) is 10.3. The van der Waals surface area contributed by atoms with E-state index < -0.39 is 10.0 Å². The van der Waals surface area contributed by atoms with Crippen molar-refractivity contribution in [3.05, 3.63) is 0 Å². The largest absolute Gasteiger partial charge is 0.396 e. The highest BCUT2D eigenvalue weighted by molar-refractivity contribution is 7.89. The highest BCUT2D eigenvalue weighted by Gasteiger charge is 2.12. The first-order chi connectivity index (χ1) is 6.02. The van der Waals surface area contributed by atoms with Gasteiger partial charge < -0.3 is 5.11 Å². The summed E-state index contributed by atoms with van der Waals surface area (Å²) in [5.74, 6) is 0.0115. The Labute approximate surface area is 80.4 Å². The summed E-state index contributed by atoms with van der Waals surface area (Å²) in [6.45, 7) is 3.78. The van der Waals surface area contributed by atoms with Crippen molar-refractivity contribution in [1.29, 1.82) is 0 Å². The Kier molecular flexibility index (Phi) is 6.28. The van der Waals surface area contributed by atoms with Crippen molar-refractivity contribution in [2.24, 2.45) is 0 Å². The molecule has 0 radical (unpaired) electrons. The predicted octanol–water partition coefficient (Wildman–Crippen LogP) is 0.477. The van der Waals surface area contributed by atoms with Crippen LogP contribution in [-0.4, -0.2) is 31.9 Å². The molecule has 0 saturated heterocycles. The van der Waals surface area contributed by atoms with Crippen molar-refractivity contribution >= 4 is 10.0 Å². The maximum atomic E-state index is 11.3. The van der Waals surface area contributed by atoms with Crippen LogP contribution in [0.1, 0.15) is 33.1 Å². The lowest BCUT2D eigenvalue weighted by Gasteiger charge is -2.12. The van der Waals surface area contributed by atoms with E-state index in [2.05, 4.69) is 4.72 Å². The van der Waals surface area contributed by atoms with E-state index in [4.69, 9.17) is 5.11 Å². The van der Waals surface area contributed by atoms with Crippen molar-refractivity contribution in [2.75, 3.05) is 12.4 Å². The molecule has 0 aliphatic rings. The number of nitrogens with one attached hydrogen (secondary N) is 1. The third-order valence-corrected chi connectivity index (χ3v) is 3.26. The Balaban J connectivity index is 3.87. The Hall–Kier alpha value is -0.130. The fourth-order valence-corrected chi connectivity index (χ4v) is 2.47. The van der Waals surface area contributed by atoms with E-state index in [1.165, 1.54) is 0 Å². The van der Waals surface area contributed by atoms with Crippen molar-refractivity contribution < 1.29 is 13.5 Å². The lowest BCUT2D eigenvalue weighted by atomic mass is 10.2. The molecule has 1 unspecified atom stereocenters.